The van der Waals surface area contributed by atoms with Crippen LogP contribution in [0.3, 0.4) is 0 Å². The van der Waals surface area contributed by atoms with Gasteiger partial charge in [0.15, 0.2) is 5.78 Å². The molecule has 2 aromatic rings. The molecule has 0 aromatic carbocycles. The van der Waals surface area contributed by atoms with Crippen molar-refractivity contribution in [1.82, 2.24) is 9.97 Å². The summed E-state index contributed by atoms with van der Waals surface area (Å²) in [5, 5.41) is 0. The Balaban J connectivity index is 1.98. The summed E-state index contributed by atoms with van der Waals surface area (Å²) in [4.78, 5) is 21.1. The molecule has 0 bridgehead atoms. The van der Waals surface area contributed by atoms with Gasteiger partial charge in [0, 0.05) is 28.6 Å². The molecular weight excluding hydrogens is 304 g/mol. The summed E-state index contributed by atoms with van der Waals surface area (Å²) in [5.41, 5.74) is 2.80. The van der Waals surface area contributed by atoms with Crippen molar-refractivity contribution in [2.24, 2.45) is 0 Å². The molecule has 0 saturated carbocycles. The molecule has 4 heteroatoms. The highest BCUT2D eigenvalue weighted by atomic mass is 79.9. The molecule has 2 heterocycles. The monoisotopic (exact) mass is 316 g/mol. The molecule has 1 aliphatic rings. The van der Waals surface area contributed by atoms with E-state index in [2.05, 4.69) is 32.0 Å². The summed E-state index contributed by atoms with van der Waals surface area (Å²) >= 11 is 3.36. The van der Waals surface area contributed by atoms with Gasteiger partial charge in [-0.05, 0) is 52.9 Å². The van der Waals surface area contributed by atoms with E-state index >= 15 is 0 Å². The zero-order valence-corrected chi connectivity index (χ0v) is 11.9. The van der Waals surface area contributed by atoms with Crippen LogP contribution < -0.4 is 0 Å². The van der Waals surface area contributed by atoms with Gasteiger partial charge in [-0.1, -0.05) is 6.07 Å². The Bertz CT molecular complexity index is 627. The molecule has 3 nitrogen and oxygen atoms in total. The van der Waals surface area contributed by atoms with Crippen LogP contribution in [0, 0.1) is 0 Å². The van der Waals surface area contributed by atoms with E-state index in [9.17, 15) is 4.79 Å². The van der Waals surface area contributed by atoms with E-state index in [1.165, 1.54) is 5.56 Å². The molecule has 2 aromatic heterocycles. The highest BCUT2D eigenvalue weighted by molar-refractivity contribution is 9.10. The second-order valence-electron chi connectivity index (χ2n) is 4.75. The van der Waals surface area contributed by atoms with Crippen molar-refractivity contribution in [2.45, 2.75) is 25.2 Å². The number of hydrogen-bond acceptors (Lipinski definition) is 3. The minimum atomic E-state index is -0.124. The van der Waals surface area contributed by atoms with E-state index in [1.54, 1.807) is 18.6 Å². The van der Waals surface area contributed by atoms with E-state index in [0.29, 0.717) is 5.56 Å². The van der Waals surface area contributed by atoms with Gasteiger partial charge in [-0.2, -0.15) is 0 Å². The molecule has 3 rings (SSSR count). The zero-order chi connectivity index (χ0) is 13.2. The second kappa shape index (κ2) is 5.21. The number of Topliss-reactive ketones (excluding diaryl/α,β-unsaturated/α-hetero) is 1. The smallest absolute Gasteiger partial charge is 0.173 e. The highest BCUT2D eigenvalue weighted by Crippen LogP contribution is 2.32. The average molecular weight is 317 g/mol. The van der Waals surface area contributed by atoms with Gasteiger partial charge in [-0.15, -0.1) is 0 Å². The van der Waals surface area contributed by atoms with Crippen LogP contribution in [0.25, 0.3) is 0 Å². The maximum absolute atomic E-state index is 12.6. The van der Waals surface area contributed by atoms with Crippen molar-refractivity contribution < 1.29 is 4.79 Å². The zero-order valence-electron chi connectivity index (χ0n) is 10.3. The Morgan fingerprint density at radius 1 is 1.37 bits per heavy atom. The largest absolute Gasteiger partial charge is 0.293 e. The lowest BCUT2D eigenvalue weighted by Crippen LogP contribution is -2.20. The summed E-state index contributed by atoms with van der Waals surface area (Å²) in [5.74, 6) is -0.00509. The molecule has 0 amide bonds. The molecule has 19 heavy (non-hydrogen) atoms. The van der Waals surface area contributed by atoms with Crippen molar-refractivity contribution in [1.29, 1.82) is 0 Å². The molecule has 1 unspecified atom stereocenters. The van der Waals surface area contributed by atoms with Crippen molar-refractivity contribution in [3.8, 4) is 0 Å². The topological polar surface area (TPSA) is 42.9 Å². The van der Waals surface area contributed by atoms with E-state index in [-0.39, 0.29) is 11.7 Å². The molecule has 0 saturated heterocycles. The number of aromatic nitrogens is 2. The second-order valence-corrected chi connectivity index (χ2v) is 5.66. The third kappa shape index (κ3) is 2.45. The molecule has 0 radical (unpaired) electrons. The standard InChI is InChI=1S/C15H13BrN2O/c16-12-7-11(8-17-9-12)15(19)13-5-1-3-10-4-2-6-18-14(10)13/h2,4,6-9,13H,1,3,5H2. The summed E-state index contributed by atoms with van der Waals surface area (Å²) in [7, 11) is 0. The number of rotatable bonds is 2. The molecule has 0 N–H and O–H groups in total. The van der Waals surface area contributed by atoms with Gasteiger partial charge in [0.1, 0.15) is 0 Å². The third-order valence-corrected chi connectivity index (χ3v) is 3.93. The average Bonchev–Trinajstić information content (AvgIpc) is 2.46. The van der Waals surface area contributed by atoms with Gasteiger partial charge in [0.2, 0.25) is 0 Å². The van der Waals surface area contributed by atoms with Crippen LogP contribution in [0.2, 0.25) is 0 Å². The van der Waals surface area contributed by atoms with Crippen LogP contribution in [-0.2, 0) is 6.42 Å². The summed E-state index contributed by atoms with van der Waals surface area (Å²) < 4.78 is 0.829. The van der Waals surface area contributed by atoms with Crippen molar-refractivity contribution in [2.75, 3.05) is 0 Å². The van der Waals surface area contributed by atoms with Gasteiger partial charge < -0.3 is 0 Å². The lowest BCUT2D eigenvalue weighted by molar-refractivity contribution is 0.0948. The number of fused-ring (bicyclic) bond motifs is 1. The van der Waals surface area contributed by atoms with Gasteiger partial charge in [-0.25, -0.2) is 0 Å². The fraction of sp³-hybridized carbons (Fsp3) is 0.267. The quantitative estimate of drug-likeness (QED) is 0.796. The number of carbonyl (C=O) groups is 1. The van der Waals surface area contributed by atoms with Crippen molar-refractivity contribution >= 4 is 21.7 Å². The lowest BCUT2D eigenvalue weighted by Gasteiger charge is -2.23. The Morgan fingerprint density at radius 2 is 2.26 bits per heavy atom. The van der Waals surface area contributed by atoms with E-state index < -0.39 is 0 Å². The highest BCUT2D eigenvalue weighted by Gasteiger charge is 2.28. The first-order valence-corrected chi connectivity index (χ1v) is 7.13. The van der Waals surface area contributed by atoms with Crippen molar-refractivity contribution in [3.05, 3.63) is 58.1 Å². The van der Waals surface area contributed by atoms with Gasteiger partial charge in [0.25, 0.3) is 0 Å². The number of pyridine rings is 2. The predicted molar refractivity (Wildman–Crippen MR) is 76.2 cm³/mol. The molecular formula is C15H13BrN2O. The van der Waals surface area contributed by atoms with Gasteiger partial charge in [-0.3, -0.25) is 14.8 Å². The van der Waals surface area contributed by atoms with Crippen LogP contribution in [0.1, 0.15) is 40.4 Å². The fourth-order valence-electron chi connectivity index (χ4n) is 2.61. The lowest BCUT2D eigenvalue weighted by atomic mass is 9.82. The Morgan fingerprint density at radius 3 is 3.11 bits per heavy atom. The normalized spacial score (nSPS) is 17.8. The summed E-state index contributed by atoms with van der Waals surface area (Å²) in [6, 6.07) is 5.83. The van der Waals surface area contributed by atoms with Crippen LogP contribution in [-0.4, -0.2) is 15.8 Å². The minimum Gasteiger partial charge on any atom is -0.293 e. The molecule has 0 aliphatic heterocycles. The Kier molecular flexibility index (Phi) is 3.42. The van der Waals surface area contributed by atoms with E-state index in [1.807, 2.05) is 12.1 Å². The van der Waals surface area contributed by atoms with Crippen LogP contribution in [0.5, 0.6) is 0 Å². The van der Waals surface area contributed by atoms with Crippen LogP contribution in [0.4, 0.5) is 0 Å². The third-order valence-electron chi connectivity index (χ3n) is 3.50. The van der Waals surface area contributed by atoms with Gasteiger partial charge in [0.05, 0.1) is 11.6 Å². The summed E-state index contributed by atoms with van der Waals surface area (Å²) in [6.45, 7) is 0. The van der Waals surface area contributed by atoms with E-state index in [4.69, 9.17) is 0 Å². The number of ketones is 1. The van der Waals surface area contributed by atoms with Crippen molar-refractivity contribution in [3.63, 3.8) is 0 Å². The number of halogens is 1. The molecule has 1 aliphatic carbocycles. The first-order chi connectivity index (χ1) is 9.25. The molecule has 0 fully saturated rings. The number of aryl methyl sites for hydroxylation is 1. The maximum atomic E-state index is 12.6. The number of carbonyl (C=O) groups excluding carboxylic acids is 1. The molecule has 0 spiro atoms. The predicted octanol–water partition coefficient (Wildman–Crippen LogP) is 3.54. The molecule has 1 atom stereocenters. The van der Waals surface area contributed by atoms with Crippen LogP contribution in [0.15, 0.2) is 41.3 Å². The number of nitrogens with zero attached hydrogens (tertiary/aromatic N) is 2. The Labute approximate surface area is 120 Å². The van der Waals surface area contributed by atoms with E-state index in [0.717, 1.165) is 29.4 Å². The number of hydrogen-bond donors (Lipinski definition) is 0. The first-order valence-electron chi connectivity index (χ1n) is 6.34. The minimum absolute atomic E-state index is 0.119. The maximum Gasteiger partial charge on any atom is 0.173 e. The molecule has 96 valence electrons. The SMILES string of the molecule is O=C(c1cncc(Br)c1)C1CCCc2cccnc21. The van der Waals surface area contributed by atoms with Gasteiger partial charge >= 0.3 is 0 Å². The first kappa shape index (κ1) is 12.5. The fourth-order valence-corrected chi connectivity index (χ4v) is 2.98. The summed E-state index contributed by atoms with van der Waals surface area (Å²) in [6.07, 6.45) is 8.01. The Hall–Kier alpha value is -1.55. The van der Waals surface area contributed by atoms with Crippen LogP contribution >= 0.6 is 15.9 Å².